The van der Waals surface area contributed by atoms with Crippen molar-refractivity contribution >= 4 is 5.69 Å². The van der Waals surface area contributed by atoms with E-state index in [-0.39, 0.29) is 0 Å². The monoisotopic (exact) mass is 608 g/mol. The molecule has 3 aromatic carbocycles. The number of nitrogens with zero attached hydrogens (tertiary/aromatic N) is 2. The van der Waals surface area contributed by atoms with E-state index in [0.717, 1.165) is 76.8 Å². The van der Waals surface area contributed by atoms with Gasteiger partial charge in [-0.3, -0.25) is 0 Å². The Morgan fingerprint density at radius 3 is 1.62 bits per heavy atom. The molecule has 1 heterocycles. The number of benzene rings is 3. The van der Waals surface area contributed by atoms with E-state index in [9.17, 15) is 0 Å². The molecule has 0 saturated heterocycles. The van der Waals surface area contributed by atoms with Gasteiger partial charge in [-0.15, -0.1) is 0 Å². The Balaban J connectivity index is 1.70. The Morgan fingerprint density at radius 2 is 1.11 bits per heavy atom. The molecule has 0 N–H and O–H groups in total. The molecule has 0 spiro atoms. The summed E-state index contributed by atoms with van der Waals surface area (Å²) in [5.74, 6) is 1.74. The smallest absolute Gasteiger partial charge is 0.128 e. The number of ether oxygens (including phenoxy) is 3. The summed E-state index contributed by atoms with van der Waals surface area (Å²) < 4.78 is 18.2. The highest BCUT2D eigenvalue weighted by Gasteiger charge is 2.15. The van der Waals surface area contributed by atoms with E-state index in [0.29, 0.717) is 19.8 Å². The van der Waals surface area contributed by atoms with Crippen LogP contribution in [0, 0.1) is 0 Å². The number of rotatable bonds is 20. The molecule has 4 aromatic rings. The third kappa shape index (κ3) is 10.4. The number of likely N-dealkylation sites (N-methyl/N-ethyl adjacent to an activating group) is 1. The van der Waals surface area contributed by atoms with Gasteiger partial charge in [-0.05, 0) is 79.4 Å². The second kappa shape index (κ2) is 18.9. The number of para-hydroxylation sites is 2. The van der Waals surface area contributed by atoms with Gasteiger partial charge < -0.3 is 19.1 Å². The molecule has 0 unspecified atom stereocenters. The maximum Gasteiger partial charge on any atom is 0.128 e. The summed E-state index contributed by atoms with van der Waals surface area (Å²) in [4.78, 5) is 7.47. The molecule has 0 atom stereocenters. The minimum absolute atomic E-state index is 0.705. The maximum absolute atomic E-state index is 6.34. The van der Waals surface area contributed by atoms with Crippen molar-refractivity contribution in [1.82, 2.24) is 4.98 Å². The highest BCUT2D eigenvalue weighted by atomic mass is 16.5. The zero-order chi connectivity index (χ0) is 31.7. The van der Waals surface area contributed by atoms with Gasteiger partial charge in [-0.2, -0.15) is 0 Å². The van der Waals surface area contributed by atoms with Crippen LogP contribution in [-0.2, 0) is 4.74 Å². The Kier molecular flexibility index (Phi) is 14.3. The zero-order valence-corrected chi connectivity index (χ0v) is 27.9. The van der Waals surface area contributed by atoms with Crippen molar-refractivity contribution in [2.75, 3.05) is 44.9 Å². The van der Waals surface area contributed by atoms with Crippen LogP contribution in [0.15, 0.2) is 84.9 Å². The number of hydrogen-bond acceptors (Lipinski definition) is 5. The third-order valence-corrected chi connectivity index (χ3v) is 8.08. The minimum Gasteiger partial charge on any atom is -0.493 e. The summed E-state index contributed by atoms with van der Waals surface area (Å²) in [5, 5.41) is 0. The topological polar surface area (TPSA) is 43.8 Å². The molecule has 1 aromatic heterocycles. The van der Waals surface area contributed by atoms with Crippen LogP contribution in [0.2, 0.25) is 0 Å². The van der Waals surface area contributed by atoms with Crippen molar-refractivity contribution in [3.8, 4) is 45.1 Å². The molecule has 0 fully saturated rings. The molecular weight excluding hydrogens is 556 g/mol. The lowest BCUT2D eigenvalue weighted by molar-refractivity contribution is 0.154. The first kappa shape index (κ1) is 34.1. The van der Waals surface area contributed by atoms with Crippen LogP contribution >= 0.6 is 0 Å². The number of aromatic nitrogens is 1. The van der Waals surface area contributed by atoms with E-state index in [1.165, 1.54) is 38.5 Å². The molecule has 0 aliphatic rings. The molecule has 0 aliphatic carbocycles. The second-order valence-corrected chi connectivity index (χ2v) is 11.6. The lowest BCUT2D eigenvalue weighted by Gasteiger charge is -2.20. The van der Waals surface area contributed by atoms with Gasteiger partial charge in [0.1, 0.15) is 11.5 Å². The van der Waals surface area contributed by atoms with Crippen LogP contribution in [0.5, 0.6) is 11.5 Å². The highest BCUT2D eigenvalue weighted by Crippen LogP contribution is 2.37. The fourth-order valence-electron chi connectivity index (χ4n) is 5.39. The van der Waals surface area contributed by atoms with Crippen LogP contribution in [0.1, 0.15) is 72.1 Å². The quantitative estimate of drug-likeness (QED) is 0.0934. The van der Waals surface area contributed by atoms with Gasteiger partial charge in [0.15, 0.2) is 0 Å². The molecule has 0 radical (unpaired) electrons. The number of unbranched alkanes of at least 4 members (excludes halogenated alkanes) is 6. The summed E-state index contributed by atoms with van der Waals surface area (Å²) in [5.41, 5.74) is 7.19. The zero-order valence-electron chi connectivity index (χ0n) is 27.9. The van der Waals surface area contributed by atoms with Crippen LogP contribution in [0.25, 0.3) is 33.6 Å². The first-order valence-electron chi connectivity index (χ1n) is 17.0. The third-order valence-electron chi connectivity index (χ3n) is 8.08. The molecule has 45 heavy (non-hydrogen) atoms. The summed E-state index contributed by atoms with van der Waals surface area (Å²) in [6.07, 6.45) is 9.36. The highest BCUT2D eigenvalue weighted by molar-refractivity contribution is 5.80. The van der Waals surface area contributed by atoms with Gasteiger partial charge in [0.25, 0.3) is 0 Å². The molecule has 4 rings (SSSR count). The normalized spacial score (nSPS) is 11.0. The molecule has 5 nitrogen and oxygen atoms in total. The SMILES string of the molecule is CCCCCCOc1ccccc1-c1cc(-c2ccc(N(C)CCOCC)cc2)cc(-c2ccccc2OCCCCCC)n1. The molecule has 0 saturated carbocycles. The first-order chi connectivity index (χ1) is 22.1. The van der Waals surface area contributed by atoms with Crippen molar-refractivity contribution in [3.63, 3.8) is 0 Å². The lowest BCUT2D eigenvalue weighted by Crippen LogP contribution is -2.22. The summed E-state index contributed by atoms with van der Waals surface area (Å²) in [7, 11) is 2.11. The Labute approximate surface area is 271 Å². The van der Waals surface area contributed by atoms with Gasteiger partial charge in [0.2, 0.25) is 0 Å². The summed E-state index contributed by atoms with van der Waals surface area (Å²) >= 11 is 0. The van der Waals surface area contributed by atoms with Crippen LogP contribution in [0.4, 0.5) is 5.69 Å². The fraction of sp³-hybridized carbons (Fsp3) is 0.425. The van der Waals surface area contributed by atoms with Gasteiger partial charge in [0, 0.05) is 37.0 Å². The van der Waals surface area contributed by atoms with E-state index in [1.54, 1.807) is 0 Å². The van der Waals surface area contributed by atoms with E-state index in [2.05, 4.69) is 98.6 Å². The van der Waals surface area contributed by atoms with Crippen molar-refractivity contribution < 1.29 is 14.2 Å². The maximum atomic E-state index is 6.34. The predicted octanol–water partition coefficient (Wildman–Crippen LogP) is 10.5. The van der Waals surface area contributed by atoms with Crippen LogP contribution in [0.3, 0.4) is 0 Å². The standard InChI is InChI=1S/C40H52N2O3/c1-5-8-10-16-27-44-39-20-14-12-18-35(39)37-30-33(32-22-24-34(25-23-32)42(4)26-29-43-7-3)31-38(41-37)36-19-13-15-21-40(36)45-28-17-11-9-6-2/h12-15,18-25,30-31H,5-11,16-17,26-29H2,1-4H3. The van der Waals surface area contributed by atoms with Crippen molar-refractivity contribution in [1.29, 1.82) is 0 Å². The van der Waals surface area contributed by atoms with Crippen LogP contribution in [-0.4, -0.2) is 45.0 Å². The average molecular weight is 609 g/mol. The lowest BCUT2D eigenvalue weighted by atomic mass is 9.99. The number of pyridine rings is 1. The minimum atomic E-state index is 0.705. The van der Waals surface area contributed by atoms with Gasteiger partial charge in [0.05, 0.1) is 31.2 Å². The van der Waals surface area contributed by atoms with Gasteiger partial charge in [-0.25, -0.2) is 4.98 Å². The molecule has 0 aliphatic heterocycles. The number of anilines is 1. The van der Waals surface area contributed by atoms with Crippen molar-refractivity contribution in [2.24, 2.45) is 0 Å². The molecule has 240 valence electrons. The van der Waals surface area contributed by atoms with E-state index < -0.39 is 0 Å². The van der Waals surface area contributed by atoms with Crippen LogP contribution < -0.4 is 14.4 Å². The largest absolute Gasteiger partial charge is 0.493 e. The van der Waals surface area contributed by atoms with Crippen molar-refractivity contribution in [2.45, 2.75) is 72.1 Å². The van der Waals surface area contributed by atoms with E-state index in [1.807, 2.05) is 19.1 Å². The predicted molar refractivity (Wildman–Crippen MR) is 190 cm³/mol. The van der Waals surface area contributed by atoms with Gasteiger partial charge >= 0.3 is 0 Å². The van der Waals surface area contributed by atoms with Crippen molar-refractivity contribution in [3.05, 3.63) is 84.9 Å². The fourth-order valence-corrected chi connectivity index (χ4v) is 5.39. The Morgan fingerprint density at radius 1 is 0.578 bits per heavy atom. The molecular formula is C40H52N2O3. The van der Waals surface area contributed by atoms with Gasteiger partial charge in [-0.1, -0.05) is 88.8 Å². The van der Waals surface area contributed by atoms with E-state index in [4.69, 9.17) is 19.2 Å². The average Bonchev–Trinajstić information content (AvgIpc) is 3.08. The summed E-state index contributed by atoms with van der Waals surface area (Å²) in [6.45, 7) is 10.2. The summed E-state index contributed by atoms with van der Waals surface area (Å²) in [6, 6.07) is 29.7. The Hall–Kier alpha value is -3.83. The Bertz CT molecular complexity index is 1340. The van der Waals surface area contributed by atoms with E-state index >= 15 is 0 Å². The second-order valence-electron chi connectivity index (χ2n) is 11.6. The molecule has 5 heteroatoms. The molecule has 0 amide bonds. The number of hydrogen-bond donors (Lipinski definition) is 0. The first-order valence-corrected chi connectivity index (χ1v) is 17.0. The molecule has 0 bridgehead atoms.